The lowest BCUT2D eigenvalue weighted by molar-refractivity contribution is 0.103. The number of anilines is 1. The summed E-state index contributed by atoms with van der Waals surface area (Å²) < 4.78 is 29.9. The zero-order valence-corrected chi connectivity index (χ0v) is 17.6. The number of allylic oxidation sites excluding steroid dienone is 2. The number of fused-ring (bicyclic) bond motifs is 1. The summed E-state index contributed by atoms with van der Waals surface area (Å²) in [6.45, 7) is 1.99. The molecule has 1 aliphatic rings. The second kappa shape index (κ2) is 8.20. The number of hydrogen-bond donors (Lipinski definition) is 2. The van der Waals surface area contributed by atoms with Crippen molar-refractivity contribution in [2.24, 2.45) is 4.40 Å². The summed E-state index contributed by atoms with van der Waals surface area (Å²) in [6, 6.07) is 19.6. The van der Waals surface area contributed by atoms with Gasteiger partial charge in [0.05, 0.1) is 16.3 Å². The number of hydrogen-bond acceptors (Lipinski definition) is 5. The smallest absolute Gasteiger partial charge is 0.282 e. The first-order valence-electron chi connectivity index (χ1n) is 9.73. The summed E-state index contributed by atoms with van der Waals surface area (Å²) in [5, 5.41) is 12.5. The van der Waals surface area contributed by atoms with Crippen molar-refractivity contribution in [3.05, 3.63) is 101 Å². The third-order valence-electron chi connectivity index (χ3n) is 4.97. The summed E-state index contributed by atoms with van der Waals surface area (Å²) >= 11 is 0. The zero-order chi connectivity index (χ0) is 22.0. The number of aryl methyl sites for hydroxylation is 1. The minimum Gasteiger partial charge on any atom is -0.508 e. The van der Waals surface area contributed by atoms with E-state index in [2.05, 4.69) is 9.71 Å². The molecule has 0 bridgehead atoms. The molecule has 1 aliphatic carbocycles. The number of phenols is 1. The number of benzene rings is 3. The molecule has 0 spiro atoms. The van der Waals surface area contributed by atoms with Crippen molar-refractivity contribution in [1.82, 2.24) is 0 Å². The van der Waals surface area contributed by atoms with E-state index in [1.807, 2.05) is 6.92 Å². The Bertz CT molecular complexity index is 1310. The van der Waals surface area contributed by atoms with Crippen LogP contribution in [-0.4, -0.2) is 25.0 Å². The Morgan fingerprint density at radius 3 is 2.19 bits per heavy atom. The Morgan fingerprint density at radius 2 is 1.55 bits per heavy atom. The second-order valence-electron chi connectivity index (χ2n) is 7.05. The molecule has 7 heteroatoms. The molecule has 156 valence electrons. The summed E-state index contributed by atoms with van der Waals surface area (Å²) in [4.78, 5) is 13.0. The van der Waals surface area contributed by atoms with Crippen molar-refractivity contribution in [2.75, 3.05) is 5.32 Å². The van der Waals surface area contributed by atoms with Crippen molar-refractivity contribution in [3.63, 3.8) is 0 Å². The molecule has 31 heavy (non-hydrogen) atoms. The fraction of sp³-hybridized carbons (Fsp3) is 0.0833. The summed E-state index contributed by atoms with van der Waals surface area (Å²) in [7, 11) is -3.98. The van der Waals surface area contributed by atoms with Crippen molar-refractivity contribution >= 4 is 27.2 Å². The number of nitrogens with zero attached hydrogens (tertiary/aromatic N) is 1. The van der Waals surface area contributed by atoms with E-state index in [4.69, 9.17) is 0 Å². The van der Waals surface area contributed by atoms with Gasteiger partial charge in [-0.1, -0.05) is 43.3 Å². The first-order chi connectivity index (χ1) is 14.9. The molecular weight excluding hydrogens is 412 g/mol. The van der Waals surface area contributed by atoms with E-state index in [1.165, 1.54) is 30.3 Å². The highest BCUT2D eigenvalue weighted by Crippen LogP contribution is 2.26. The van der Waals surface area contributed by atoms with Gasteiger partial charge in [0.15, 0.2) is 0 Å². The van der Waals surface area contributed by atoms with Gasteiger partial charge < -0.3 is 10.4 Å². The number of phenolic OH excluding ortho intramolecular Hbond substituents is 1. The van der Waals surface area contributed by atoms with Crippen LogP contribution in [0, 0.1) is 0 Å². The molecule has 0 amide bonds. The Labute approximate surface area is 180 Å². The van der Waals surface area contributed by atoms with Crippen LogP contribution in [0.5, 0.6) is 5.75 Å². The molecule has 0 saturated carbocycles. The Hall–Kier alpha value is -3.71. The Morgan fingerprint density at radius 1 is 0.903 bits per heavy atom. The molecule has 0 unspecified atom stereocenters. The molecular formula is C24H20N2O4S. The molecule has 0 heterocycles. The minimum absolute atomic E-state index is 0.0908. The van der Waals surface area contributed by atoms with E-state index in [1.54, 1.807) is 48.5 Å². The number of rotatable bonds is 5. The first kappa shape index (κ1) is 20.6. The van der Waals surface area contributed by atoms with Crippen LogP contribution < -0.4 is 5.32 Å². The lowest BCUT2D eigenvalue weighted by Crippen LogP contribution is -2.22. The quantitative estimate of drug-likeness (QED) is 0.585. The topological polar surface area (TPSA) is 95.8 Å². The van der Waals surface area contributed by atoms with Gasteiger partial charge in [0.1, 0.15) is 5.75 Å². The van der Waals surface area contributed by atoms with Crippen molar-refractivity contribution in [3.8, 4) is 5.75 Å². The molecule has 0 saturated heterocycles. The lowest BCUT2D eigenvalue weighted by Gasteiger charge is -2.18. The monoisotopic (exact) mass is 432 g/mol. The van der Waals surface area contributed by atoms with Crippen molar-refractivity contribution < 1.29 is 18.3 Å². The van der Waals surface area contributed by atoms with Crippen LogP contribution in [0.25, 0.3) is 0 Å². The molecule has 3 aromatic carbocycles. The highest BCUT2D eigenvalue weighted by atomic mass is 32.2. The number of carbonyl (C=O) groups is 1. The maximum atomic E-state index is 13.0. The second-order valence-corrected chi connectivity index (χ2v) is 8.66. The van der Waals surface area contributed by atoms with E-state index in [9.17, 15) is 18.3 Å². The van der Waals surface area contributed by atoms with Gasteiger partial charge in [-0.05, 0) is 54.5 Å². The summed E-state index contributed by atoms with van der Waals surface area (Å²) in [5.41, 5.74) is 2.80. The highest BCUT2D eigenvalue weighted by molar-refractivity contribution is 7.90. The number of ketones is 1. The van der Waals surface area contributed by atoms with Crippen LogP contribution in [0.1, 0.15) is 28.4 Å². The minimum atomic E-state index is -3.98. The molecule has 6 nitrogen and oxygen atoms in total. The molecule has 0 aromatic heterocycles. The van der Waals surface area contributed by atoms with Gasteiger partial charge in [0.2, 0.25) is 5.78 Å². The van der Waals surface area contributed by atoms with Crippen molar-refractivity contribution in [2.45, 2.75) is 18.2 Å². The van der Waals surface area contributed by atoms with E-state index < -0.39 is 10.0 Å². The van der Waals surface area contributed by atoms with Crippen LogP contribution in [0.3, 0.4) is 0 Å². The number of carbonyl (C=O) groups excluding carboxylic acids is 1. The average molecular weight is 433 g/mol. The maximum absolute atomic E-state index is 13.0. The molecule has 0 radical (unpaired) electrons. The summed E-state index contributed by atoms with van der Waals surface area (Å²) in [5.74, 6) is -0.172. The van der Waals surface area contributed by atoms with Gasteiger partial charge in [-0.15, -0.1) is 0 Å². The largest absolute Gasteiger partial charge is 0.508 e. The molecule has 0 aliphatic heterocycles. The number of sulfonamides is 1. The van der Waals surface area contributed by atoms with Gasteiger partial charge in [-0.2, -0.15) is 12.8 Å². The van der Waals surface area contributed by atoms with Gasteiger partial charge in [0.25, 0.3) is 10.0 Å². The van der Waals surface area contributed by atoms with Gasteiger partial charge in [0, 0.05) is 16.8 Å². The van der Waals surface area contributed by atoms with Crippen LogP contribution in [0.4, 0.5) is 5.69 Å². The SMILES string of the molecule is CCc1ccc(S(=O)(=O)N=C2C=C(Nc3ccc(O)cc3)C(=O)c3ccccc32)cc1. The molecule has 0 atom stereocenters. The number of aromatic hydroxyl groups is 1. The first-order valence-corrected chi connectivity index (χ1v) is 11.2. The standard InChI is InChI=1S/C24H20N2O4S/c1-2-16-7-13-19(14-8-16)31(29,30)26-22-15-23(25-17-9-11-18(27)12-10-17)24(28)21-6-4-3-5-20(21)22/h3-15,25,27H,2H2,1H3. The zero-order valence-electron chi connectivity index (χ0n) is 16.7. The predicted octanol–water partition coefficient (Wildman–Crippen LogP) is 4.32. The maximum Gasteiger partial charge on any atom is 0.282 e. The molecule has 2 N–H and O–H groups in total. The summed E-state index contributed by atoms with van der Waals surface area (Å²) in [6.07, 6.45) is 2.24. The lowest BCUT2D eigenvalue weighted by atomic mass is 9.92. The van der Waals surface area contributed by atoms with Crippen LogP contribution in [0.2, 0.25) is 0 Å². The Kier molecular flexibility index (Phi) is 5.44. The Balaban J connectivity index is 1.78. The van der Waals surface area contributed by atoms with E-state index in [-0.39, 0.29) is 27.8 Å². The third kappa shape index (κ3) is 4.27. The van der Waals surface area contributed by atoms with E-state index >= 15 is 0 Å². The van der Waals surface area contributed by atoms with E-state index in [0.29, 0.717) is 16.8 Å². The fourth-order valence-corrected chi connectivity index (χ4v) is 4.27. The van der Waals surface area contributed by atoms with Gasteiger partial charge >= 0.3 is 0 Å². The average Bonchev–Trinajstić information content (AvgIpc) is 2.78. The molecule has 3 aromatic rings. The molecule has 0 fully saturated rings. The van der Waals surface area contributed by atoms with Crippen LogP contribution >= 0.6 is 0 Å². The van der Waals surface area contributed by atoms with Crippen molar-refractivity contribution in [1.29, 1.82) is 0 Å². The van der Waals surface area contributed by atoms with Crippen LogP contribution in [0.15, 0.2) is 93.9 Å². The highest BCUT2D eigenvalue weighted by Gasteiger charge is 2.26. The van der Waals surface area contributed by atoms with E-state index in [0.717, 1.165) is 12.0 Å². The number of Topliss-reactive ketones (excluding diaryl/α,β-unsaturated/α-hetero) is 1. The number of nitrogens with one attached hydrogen (secondary N) is 1. The molecule has 4 rings (SSSR count). The normalized spacial score (nSPS) is 14.8. The fourth-order valence-electron chi connectivity index (χ4n) is 3.28. The van der Waals surface area contributed by atoms with Crippen LogP contribution in [-0.2, 0) is 16.4 Å². The predicted molar refractivity (Wildman–Crippen MR) is 120 cm³/mol. The van der Waals surface area contributed by atoms with Gasteiger partial charge in [-0.25, -0.2) is 0 Å². The van der Waals surface area contributed by atoms with Gasteiger partial charge in [-0.3, -0.25) is 4.79 Å². The third-order valence-corrected chi connectivity index (χ3v) is 6.27.